The Kier molecular flexibility index (Phi) is 5.48. The Morgan fingerprint density at radius 2 is 1.62 bits per heavy atom. The molecule has 134 valence electrons. The van der Waals surface area contributed by atoms with Crippen molar-refractivity contribution in [1.82, 2.24) is 15.0 Å². The van der Waals surface area contributed by atoms with Gasteiger partial charge in [0.05, 0.1) is 26.8 Å². The molecule has 0 N–H and O–H groups in total. The summed E-state index contributed by atoms with van der Waals surface area (Å²) in [4.78, 5) is 14.9. The SMILES string of the molecule is COc1cc(OC)nc(Oc2cccnc2CN(C)c2ccccc2)n1. The number of hydrogen-bond donors (Lipinski definition) is 0. The number of pyridine rings is 1. The monoisotopic (exact) mass is 352 g/mol. The lowest BCUT2D eigenvalue weighted by atomic mass is 10.2. The van der Waals surface area contributed by atoms with E-state index in [1.165, 1.54) is 14.2 Å². The van der Waals surface area contributed by atoms with E-state index in [-0.39, 0.29) is 6.01 Å². The molecular formula is C19H20N4O3. The molecule has 2 heterocycles. The molecule has 0 fully saturated rings. The van der Waals surface area contributed by atoms with E-state index in [1.807, 2.05) is 43.4 Å². The van der Waals surface area contributed by atoms with Gasteiger partial charge >= 0.3 is 6.01 Å². The highest BCUT2D eigenvalue weighted by molar-refractivity contribution is 5.46. The van der Waals surface area contributed by atoms with Crippen molar-refractivity contribution in [3.8, 4) is 23.5 Å². The molecule has 0 saturated heterocycles. The molecule has 26 heavy (non-hydrogen) atoms. The van der Waals surface area contributed by atoms with E-state index in [0.717, 1.165) is 11.4 Å². The van der Waals surface area contributed by atoms with E-state index >= 15 is 0 Å². The van der Waals surface area contributed by atoms with Crippen LogP contribution < -0.4 is 19.1 Å². The molecule has 0 aliphatic rings. The number of nitrogens with zero attached hydrogens (tertiary/aromatic N) is 4. The first kappa shape index (κ1) is 17.5. The number of rotatable bonds is 7. The highest BCUT2D eigenvalue weighted by atomic mass is 16.5. The van der Waals surface area contributed by atoms with Gasteiger partial charge in [-0.1, -0.05) is 18.2 Å². The molecule has 0 unspecified atom stereocenters. The number of ether oxygens (including phenoxy) is 3. The zero-order chi connectivity index (χ0) is 18.4. The molecule has 7 nitrogen and oxygen atoms in total. The Morgan fingerprint density at radius 1 is 0.923 bits per heavy atom. The predicted octanol–water partition coefficient (Wildman–Crippen LogP) is 3.32. The normalized spacial score (nSPS) is 10.3. The van der Waals surface area contributed by atoms with Crippen LogP contribution in [0.25, 0.3) is 0 Å². The van der Waals surface area contributed by atoms with Crippen molar-refractivity contribution in [3.63, 3.8) is 0 Å². The van der Waals surface area contributed by atoms with Crippen LogP contribution in [0.3, 0.4) is 0 Å². The molecule has 3 rings (SSSR count). The molecule has 0 radical (unpaired) electrons. The zero-order valence-corrected chi connectivity index (χ0v) is 14.9. The minimum atomic E-state index is 0.137. The molecule has 0 amide bonds. The van der Waals surface area contributed by atoms with Gasteiger partial charge in [0, 0.05) is 18.9 Å². The second kappa shape index (κ2) is 8.15. The van der Waals surface area contributed by atoms with Gasteiger partial charge in [0.15, 0.2) is 5.75 Å². The number of benzene rings is 1. The fraction of sp³-hybridized carbons (Fsp3) is 0.211. The summed E-state index contributed by atoms with van der Waals surface area (Å²) >= 11 is 0. The third-order valence-electron chi connectivity index (χ3n) is 3.71. The maximum atomic E-state index is 5.86. The van der Waals surface area contributed by atoms with Crippen molar-refractivity contribution in [3.05, 3.63) is 60.4 Å². The lowest BCUT2D eigenvalue weighted by Gasteiger charge is -2.20. The van der Waals surface area contributed by atoms with Crippen LogP contribution in [0, 0.1) is 0 Å². The van der Waals surface area contributed by atoms with Gasteiger partial charge in [-0.05, 0) is 24.3 Å². The van der Waals surface area contributed by atoms with Crippen LogP contribution in [0.4, 0.5) is 5.69 Å². The zero-order valence-electron chi connectivity index (χ0n) is 14.9. The van der Waals surface area contributed by atoms with E-state index in [9.17, 15) is 0 Å². The van der Waals surface area contributed by atoms with Crippen LogP contribution in [-0.2, 0) is 6.54 Å². The Balaban J connectivity index is 1.84. The molecule has 0 aliphatic carbocycles. The number of para-hydroxylation sites is 1. The molecular weight excluding hydrogens is 332 g/mol. The maximum Gasteiger partial charge on any atom is 0.328 e. The van der Waals surface area contributed by atoms with Gasteiger partial charge in [-0.15, -0.1) is 0 Å². The lowest BCUT2D eigenvalue weighted by Crippen LogP contribution is -2.17. The fourth-order valence-electron chi connectivity index (χ4n) is 2.37. The van der Waals surface area contributed by atoms with Crippen LogP contribution in [0.1, 0.15) is 5.69 Å². The summed E-state index contributed by atoms with van der Waals surface area (Å²) in [5.41, 5.74) is 1.85. The van der Waals surface area contributed by atoms with Crippen LogP contribution in [0.5, 0.6) is 23.5 Å². The topological polar surface area (TPSA) is 69.6 Å². The standard InChI is InChI=1S/C19H20N4O3/c1-23(14-8-5-4-6-9-14)13-15-16(10-7-11-20-15)26-19-21-17(24-2)12-18(22-19)25-3/h4-12H,13H2,1-3H3. The number of anilines is 1. The number of hydrogen-bond acceptors (Lipinski definition) is 7. The summed E-state index contributed by atoms with van der Waals surface area (Å²) in [5.74, 6) is 1.29. The van der Waals surface area contributed by atoms with E-state index in [1.54, 1.807) is 18.3 Å². The Labute approximate surface area is 152 Å². The van der Waals surface area contributed by atoms with Crippen molar-refractivity contribution >= 4 is 5.69 Å². The molecule has 1 aromatic carbocycles. The molecule has 0 aliphatic heterocycles. The molecule has 0 saturated carbocycles. The first-order valence-electron chi connectivity index (χ1n) is 8.04. The highest BCUT2D eigenvalue weighted by Crippen LogP contribution is 2.26. The molecule has 3 aromatic rings. The fourth-order valence-corrected chi connectivity index (χ4v) is 2.37. The predicted molar refractivity (Wildman–Crippen MR) is 98.0 cm³/mol. The van der Waals surface area contributed by atoms with Gasteiger partial charge in [0.1, 0.15) is 5.69 Å². The number of methoxy groups -OCH3 is 2. The number of aromatic nitrogens is 3. The van der Waals surface area contributed by atoms with Gasteiger partial charge in [-0.25, -0.2) is 0 Å². The summed E-state index contributed by atoms with van der Waals surface area (Å²) in [6, 6.07) is 15.4. The van der Waals surface area contributed by atoms with E-state index in [0.29, 0.717) is 24.1 Å². The van der Waals surface area contributed by atoms with E-state index in [2.05, 4.69) is 19.9 Å². The van der Waals surface area contributed by atoms with Crippen molar-refractivity contribution in [1.29, 1.82) is 0 Å². The maximum absolute atomic E-state index is 5.86. The average molecular weight is 352 g/mol. The van der Waals surface area contributed by atoms with E-state index in [4.69, 9.17) is 14.2 Å². The quantitative estimate of drug-likeness (QED) is 0.646. The van der Waals surface area contributed by atoms with Crippen LogP contribution in [0.2, 0.25) is 0 Å². The third-order valence-corrected chi connectivity index (χ3v) is 3.71. The van der Waals surface area contributed by atoms with Gasteiger partial charge in [-0.2, -0.15) is 9.97 Å². The molecule has 0 spiro atoms. The van der Waals surface area contributed by atoms with Gasteiger partial charge < -0.3 is 19.1 Å². The first-order valence-corrected chi connectivity index (χ1v) is 8.04. The Bertz CT molecular complexity index is 836. The molecule has 0 atom stereocenters. The van der Waals surface area contributed by atoms with Crippen LogP contribution >= 0.6 is 0 Å². The average Bonchev–Trinajstić information content (AvgIpc) is 2.69. The Morgan fingerprint density at radius 3 is 2.27 bits per heavy atom. The Hall–Kier alpha value is -3.35. The smallest absolute Gasteiger partial charge is 0.328 e. The van der Waals surface area contributed by atoms with E-state index < -0.39 is 0 Å². The van der Waals surface area contributed by atoms with Crippen molar-refractivity contribution in [2.45, 2.75) is 6.54 Å². The largest absolute Gasteiger partial charge is 0.481 e. The van der Waals surface area contributed by atoms with Gasteiger partial charge in [-0.3, -0.25) is 4.98 Å². The second-order valence-electron chi connectivity index (χ2n) is 5.48. The summed E-state index contributed by atoms with van der Waals surface area (Å²) in [7, 11) is 5.05. The third kappa shape index (κ3) is 4.18. The van der Waals surface area contributed by atoms with Crippen LogP contribution in [-0.4, -0.2) is 36.2 Å². The summed E-state index contributed by atoms with van der Waals surface area (Å²) in [6.45, 7) is 0.571. The molecule has 0 bridgehead atoms. The summed E-state index contributed by atoms with van der Waals surface area (Å²) < 4.78 is 16.2. The van der Waals surface area contributed by atoms with Crippen molar-refractivity contribution in [2.75, 3.05) is 26.2 Å². The summed E-state index contributed by atoms with van der Waals surface area (Å²) in [6.07, 6.45) is 1.73. The minimum absolute atomic E-state index is 0.137. The van der Waals surface area contributed by atoms with Crippen molar-refractivity contribution < 1.29 is 14.2 Å². The molecule has 2 aromatic heterocycles. The minimum Gasteiger partial charge on any atom is -0.481 e. The first-order chi connectivity index (χ1) is 12.7. The molecule has 7 heteroatoms. The van der Waals surface area contributed by atoms with Crippen molar-refractivity contribution in [2.24, 2.45) is 0 Å². The van der Waals surface area contributed by atoms with Gasteiger partial charge in [0.2, 0.25) is 11.8 Å². The summed E-state index contributed by atoms with van der Waals surface area (Å²) in [5, 5.41) is 0. The van der Waals surface area contributed by atoms with Gasteiger partial charge in [0.25, 0.3) is 0 Å². The van der Waals surface area contributed by atoms with Crippen LogP contribution in [0.15, 0.2) is 54.7 Å². The lowest BCUT2D eigenvalue weighted by molar-refractivity contribution is 0.346. The second-order valence-corrected chi connectivity index (χ2v) is 5.48. The highest BCUT2D eigenvalue weighted by Gasteiger charge is 2.13.